The summed E-state index contributed by atoms with van der Waals surface area (Å²) in [6, 6.07) is 5.77. The Bertz CT molecular complexity index is 1120. The Hall–Kier alpha value is -3.43. The van der Waals surface area contributed by atoms with Crippen LogP contribution in [0.5, 0.6) is 0 Å². The SMILES string of the molecule is Cc1cc(=O)[nH]c(-n2nc(C)c(C)c2NC(=O)c2ccccc2C(F)(F)F)n1. The van der Waals surface area contributed by atoms with Crippen LogP contribution in [0.25, 0.3) is 5.95 Å². The Balaban J connectivity index is 2.07. The van der Waals surface area contributed by atoms with Crippen molar-refractivity contribution in [2.75, 3.05) is 5.32 Å². The lowest BCUT2D eigenvalue weighted by atomic mass is 10.1. The van der Waals surface area contributed by atoms with Crippen LogP contribution in [-0.4, -0.2) is 25.7 Å². The van der Waals surface area contributed by atoms with Gasteiger partial charge in [-0.05, 0) is 32.9 Å². The van der Waals surface area contributed by atoms with Crippen LogP contribution < -0.4 is 10.9 Å². The van der Waals surface area contributed by atoms with E-state index in [-0.39, 0.29) is 11.8 Å². The van der Waals surface area contributed by atoms with Gasteiger partial charge in [0.25, 0.3) is 11.5 Å². The van der Waals surface area contributed by atoms with Crippen LogP contribution in [0.4, 0.5) is 19.0 Å². The number of rotatable bonds is 3. The number of anilines is 1. The Morgan fingerprint density at radius 3 is 2.50 bits per heavy atom. The monoisotopic (exact) mass is 391 g/mol. The highest BCUT2D eigenvalue weighted by molar-refractivity contribution is 6.05. The number of nitrogens with one attached hydrogen (secondary N) is 2. The van der Waals surface area contributed by atoms with E-state index < -0.39 is 28.8 Å². The number of carbonyl (C=O) groups is 1. The van der Waals surface area contributed by atoms with Gasteiger partial charge < -0.3 is 5.32 Å². The molecule has 2 aromatic heterocycles. The van der Waals surface area contributed by atoms with Gasteiger partial charge in [0.05, 0.1) is 16.8 Å². The first-order chi connectivity index (χ1) is 13.1. The maximum absolute atomic E-state index is 13.2. The van der Waals surface area contributed by atoms with Gasteiger partial charge in [0.1, 0.15) is 5.82 Å². The number of carbonyl (C=O) groups excluding carboxylic acids is 1. The van der Waals surface area contributed by atoms with Crippen LogP contribution >= 0.6 is 0 Å². The number of aromatic amines is 1. The van der Waals surface area contributed by atoms with E-state index in [1.807, 2.05) is 0 Å². The molecule has 7 nitrogen and oxygen atoms in total. The van der Waals surface area contributed by atoms with Crippen LogP contribution in [-0.2, 0) is 6.18 Å². The zero-order valence-electron chi connectivity index (χ0n) is 15.2. The molecular weight excluding hydrogens is 375 g/mol. The third kappa shape index (κ3) is 3.66. The molecule has 0 aliphatic rings. The molecule has 0 aliphatic heterocycles. The molecule has 0 saturated heterocycles. The summed E-state index contributed by atoms with van der Waals surface area (Å²) in [5.41, 5.74) is -0.525. The molecule has 28 heavy (non-hydrogen) atoms. The van der Waals surface area contributed by atoms with Gasteiger partial charge in [-0.1, -0.05) is 12.1 Å². The molecule has 0 saturated carbocycles. The van der Waals surface area contributed by atoms with E-state index in [2.05, 4.69) is 20.4 Å². The molecule has 2 N–H and O–H groups in total. The number of alkyl halides is 3. The fraction of sp³-hybridized carbons (Fsp3) is 0.222. The molecule has 0 unspecified atom stereocenters. The zero-order valence-corrected chi connectivity index (χ0v) is 15.2. The van der Waals surface area contributed by atoms with Crippen molar-refractivity contribution < 1.29 is 18.0 Å². The normalized spacial score (nSPS) is 11.5. The van der Waals surface area contributed by atoms with Crippen molar-refractivity contribution in [2.45, 2.75) is 26.9 Å². The molecule has 0 fully saturated rings. The lowest BCUT2D eigenvalue weighted by Gasteiger charge is -2.14. The second kappa shape index (κ2) is 6.95. The minimum Gasteiger partial charge on any atom is -0.306 e. The van der Waals surface area contributed by atoms with Crippen molar-refractivity contribution in [3.63, 3.8) is 0 Å². The molecule has 10 heteroatoms. The number of hydrogen-bond donors (Lipinski definition) is 2. The first kappa shape index (κ1) is 19.3. The van der Waals surface area contributed by atoms with Crippen LogP contribution in [0, 0.1) is 20.8 Å². The number of H-pyrrole nitrogens is 1. The third-order valence-corrected chi connectivity index (χ3v) is 4.13. The van der Waals surface area contributed by atoms with Gasteiger partial charge in [-0.3, -0.25) is 14.6 Å². The molecule has 1 amide bonds. The minimum atomic E-state index is -4.68. The number of hydrogen-bond acceptors (Lipinski definition) is 4. The summed E-state index contributed by atoms with van der Waals surface area (Å²) in [6.07, 6.45) is -4.68. The zero-order chi connectivity index (χ0) is 20.6. The first-order valence-electron chi connectivity index (χ1n) is 8.20. The lowest BCUT2D eigenvalue weighted by molar-refractivity contribution is -0.137. The maximum atomic E-state index is 13.2. The maximum Gasteiger partial charge on any atom is 0.417 e. The van der Waals surface area contributed by atoms with E-state index in [1.165, 1.54) is 22.9 Å². The topological polar surface area (TPSA) is 92.7 Å². The molecule has 146 valence electrons. The molecule has 2 heterocycles. The molecule has 0 radical (unpaired) electrons. The minimum absolute atomic E-state index is 0.0422. The van der Waals surface area contributed by atoms with Crippen molar-refractivity contribution >= 4 is 11.7 Å². The van der Waals surface area contributed by atoms with E-state index in [0.29, 0.717) is 17.0 Å². The number of halogens is 3. The summed E-state index contributed by atoms with van der Waals surface area (Å²) in [7, 11) is 0. The second-order valence-corrected chi connectivity index (χ2v) is 6.18. The summed E-state index contributed by atoms with van der Waals surface area (Å²) < 4.78 is 40.8. The number of benzene rings is 1. The molecule has 0 atom stereocenters. The lowest BCUT2D eigenvalue weighted by Crippen LogP contribution is -2.22. The molecule has 0 bridgehead atoms. The quantitative estimate of drug-likeness (QED) is 0.717. The number of aryl methyl sites for hydroxylation is 2. The number of aromatic nitrogens is 4. The van der Waals surface area contributed by atoms with Crippen LogP contribution in [0.2, 0.25) is 0 Å². The van der Waals surface area contributed by atoms with E-state index in [4.69, 9.17) is 0 Å². The van der Waals surface area contributed by atoms with Crippen molar-refractivity contribution in [1.29, 1.82) is 0 Å². The number of amides is 1. The summed E-state index contributed by atoms with van der Waals surface area (Å²) in [5.74, 6) is -0.791. The fourth-order valence-corrected chi connectivity index (χ4v) is 2.67. The van der Waals surface area contributed by atoms with E-state index in [0.717, 1.165) is 12.1 Å². The smallest absolute Gasteiger partial charge is 0.306 e. The molecule has 3 rings (SSSR count). The standard InChI is InChI=1S/C18H16F3N5O2/c1-9-8-14(27)23-17(22-9)26-15(10(2)11(3)25-26)24-16(28)12-6-4-5-7-13(12)18(19,20)21/h4-8H,1-3H3,(H,24,28)(H,22,23,27). The van der Waals surface area contributed by atoms with Crippen molar-refractivity contribution in [3.8, 4) is 5.95 Å². The van der Waals surface area contributed by atoms with Crippen LogP contribution in [0.15, 0.2) is 35.1 Å². The highest BCUT2D eigenvalue weighted by Crippen LogP contribution is 2.32. The van der Waals surface area contributed by atoms with E-state index in [1.54, 1.807) is 20.8 Å². The summed E-state index contributed by atoms with van der Waals surface area (Å²) in [5, 5.41) is 6.69. The predicted octanol–water partition coefficient (Wildman–Crippen LogP) is 3.15. The highest BCUT2D eigenvalue weighted by atomic mass is 19.4. The van der Waals surface area contributed by atoms with E-state index >= 15 is 0 Å². The second-order valence-electron chi connectivity index (χ2n) is 6.18. The van der Waals surface area contributed by atoms with Crippen LogP contribution in [0.3, 0.4) is 0 Å². The summed E-state index contributed by atoms with van der Waals surface area (Å²) in [4.78, 5) is 31.0. The molecule has 1 aromatic carbocycles. The van der Waals surface area contributed by atoms with Crippen molar-refractivity contribution in [3.05, 3.63) is 68.8 Å². The molecule has 0 spiro atoms. The molecular formula is C18H16F3N5O2. The highest BCUT2D eigenvalue weighted by Gasteiger charge is 2.35. The average molecular weight is 391 g/mol. The predicted molar refractivity (Wildman–Crippen MR) is 95.6 cm³/mol. The van der Waals surface area contributed by atoms with Gasteiger partial charge >= 0.3 is 6.18 Å². The Morgan fingerprint density at radius 1 is 1.18 bits per heavy atom. The molecule has 3 aromatic rings. The Morgan fingerprint density at radius 2 is 1.86 bits per heavy atom. The van der Waals surface area contributed by atoms with Crippen molar-refractivity contribution in [2.24, 2.45) is 0 Å². The van der Waals surface area contributed by atoms with E-state index in [9.17, 15) is 22.8 Å². The van der Waals surface area contributed by atoms with Gasteiger partial charge in [-0.2, -0.15) is 23.0 Å². The van der Waals surface area contributed by atoms with Gasteiger partial charge in [-0.25, -0.2) is 4.98 Å². The van der Waals surface area contributed by atoms with Crippen molar-refractivity contribution in [1.82, 2.24) is 19.7 Å². The van der Waals surface area contributed by atoms with Gasteiger partial charge in [0.15, 0.2) is 0 Å². The largest absolute Gasteiger partial charge is 0.417 e. The molecule has 0 aliphatic carbocycles. The Kier molecular flexibility index (Phi) is 4.80. The average Bonchev–Trinajstić information content (AvgIpc) is 2.88. The fourth-order valence-electron chi connectivity index (χ4n) is 2.67. The summed E-state index contributed by atoms with van der Waals surface area (Å²) in [6.45, 7) is 4.93. The van der Waals surface area contributed by atoms with Crippen LogP contribution in [0.1, 0.15) is 32.9 Å². The first-order valence-corrected chi connectivity index (χ1v) is 8.20. The third-order valence-electron chi connectivity index (χ3n) is 4.13. The van der Waals surface area contributed by atoms with Gasteiger partial charge in [0.2, 0.25) is 5.95 Å². The van der Waals surface area contributed by atoms with Gasteiger partial charge in [-0.15, -0.1) is 0 Å². The number of nitrogens with zero attached hydrogens (tertiary/aromatic N) is 3. The summed E-state index contributed by atoms with van der Waals surface area (Å²) >= 11 is 0. The Labute approximate surface area is 157 Å². The van der Waals surface area contributed by atoms with Gasteiger partial charge in [0, 0.05) is 17.3 Å².